The molecule has 1 saturated carbocycles. The topological polar surface area (TPSA) is 55.8 Å². The van der Waals surface area contributed by atoms with Gasteiger partial charge in [-0.2, -0.15) is 0 Å². The van der Waals surface area contributed by atoms with E-state index in [1.165, 1.54) is 0 Å². The van der Waals surface area contributed by atoms with E-state index in [-0.39, 0.29) is 29.1 Å². The third-order valence-electron chi connectivity index (χ3n) is 5.57. The van der Waals surface area contributed by atoms with E-state index in [1.54, 1.807) is 6.92 Å². The van der Waals surface area contributed by atoms with Crippen LogP contribution in [0.3, 0.4) is 0 Å². The number of rotatable bonds is 7. The molecule has 0 radical (unpaired) electrons. The summed E-state index contributed by atoms with van der Waals surface area (Å²) in [5.41, 5.74) is -0.766. The zero-order valence-corrected chi connectivity index (χ0v) is 20.9. The van der Waals surface area contributed by atoms with Crippen molar-refractivity contribution in [1.29, 1.82) is 0 Å². The van der Waals surface area contributed by atoms with Gasteiger partial charge in [0.05, 0.1) is 24.4 Å². The highest BCUT2D eigenvalue weighted by atomic mass is 28.3. The third kappa shape index (κ3) is 7.90. The summed E-state index contributed by atoms with van der Waals surface area (Å²) in [7, 11) is -1.29. The Morgan fingerprint density at radius 2 is 1.79 bits per heavy atom. The lowest BCUT2D eigenvalue weighted by Crippen LogP contribution is -2.39. The quantitative estimate of drug-likeness (QED) is 0.343. The molecule has 2 atom stereocenters. The SMILES string of the molecule is CCOC(=O)CC1(O)CCCC(C(=CC(C(C)(C)C)C(C)(C)C)O[SiH](C)C)C1. The van der Waals surface area contributed by atoms with Crippen LogP contribution in [0.25, 0.3) is 0 Å². The van der Waals surface area contributed by atoms with Crippen molar-refractivity contribution in [3.05, 3.63) is 11.8 Å². The molecule has 0 aliphatic heterocycles. The summed E-state index contributed by atoms with van der Waals surface area (Å²) < 4.78 is 11.5. The number of carbonyl (C=O) groups excluding carboxylic acids is 1. The molecule has 4 nitrogen and oxygen atoms in total. The van der Waals surface area contributed by atoms with Crippen LogP contribution < -0.4 is 0 Å². The number of hydrogen-bond acceptors (Lipinski definition) is 4. The van der Waals surface area contributed by atoms with Crippen molar-refractivity contribution in [2.45, 2.75) is 99.3 Å². The van der Waals surface area contributed by atoms with Crippen LogP contribution in [0.1, 0.15) is 80.6 Å². The van der Waals surface area contributed by atoms with Crippen LogP contribution in [0.5, 0.6) is 0 Å². The largest absolute Gasteiger partial charge is 0.550 e. The lowest BCUT2D eigenvalue weighted by atomic mass is 9.65. The van der Waals surface area contributed by atoms with Crippen LogP contribution in [-0.4, -0.2) is 32.3 Å². The predicted octanol–water partition coefficient (Wildman–Crippen LogP) is 5.45. The first-order valence-electron chi connectivity index (χ1n) is 10.9. The Labute approximate surface area is 174 Å². The molecule has 0 heterocycles. The second kappa shape index (κ2) is 9.79. The fourth-order valence-electron chi connectivity index (χ4n) is 4.73. The lowest BCUT2D eigenvalue weighted by Gasteiger charge is -2.41. The molecule has 1 fully saturated rings. The molecule has 1 aliphatic rings. The normalized spacial score (nSPS) is 24.6. The van der Waals surface area contributed by atoms with E-state index < -0.39 is 14.6 Å². The fourth-order valence-corrected chi connectivity index (χ4v) is 5.55. The van der Waals surface area contributed by atoms with Crippen LogP contribution in [-0.2, 0) is 14.0 Å². The summed E-state index contributed by atoms with van der Waals surface area (Å²) in [6.07, 6.45) is 5.53. The molecule has 28 heavy (non-hydrogen) atoms. The van der Waals surface area contributed by atoms with Gasteiger partial charge in [0.15, 0.2) is 0 Å². The first kappa shape index (κ1) is 25.2. The van der Waals surface area contributed by atoms with Gasteiger partial charge in [-0.25, -0.2) is 0 Å². The summed E-state index contributed by atoms with van der Waals surface area (Å²) in [5.74, 6) is 1.24. The summed E-state index contributed by atoms with van der Waals surface area (Å²) in [5, 5.41) is 11.1. The molecule has 2 unspecified atom stereocenters. The Kier molecular flexibility index (Phi) is 8.82. The van der Waals surface area contributed by atoms with E-state index in [9.17, 15) is 9.90 Å². The summed E-state index contributed by atoms with van der Waals surface area (Å²) in [6.45, 7) is 20.2. The van der Waals surface area contributed by atoms with Crippen LogP contribution in [0, 0.1) is 22.7 Å². The molecule has 0 aromatic rings. The summed E-state index contributed by atoms with van der Waals surface area (Å²) in [4.78, 5) is 12.0. The van der Waals surface area contributed by atoms with E-state index in [0.29, 0.717) is 25.4 Å². The van der Waals surface area contributed by atoms with Crippen LogP contribution >= 0.6 is 0 Å². The Morgan fingerprint density at radius 1 is 1.21 bits per heavy atom. The molecule has 1 aliphatic carbocycles. The molecule has 0 bridgehead atoms. The zero-order valence-electron chi connectivity index (χ0n) is 19.7. The van der Waals surface area contributed by atoms with Crippen molar-refractivity contribution in [1.82, 2.24) is 0 Å². The van der Waals surface area contributed by atoms with Gasteiger partial charge in [0, 0.05) is 5.92 Å². The van der Waals surface area contributed by atoms with Crippen molar-refractivity contribution >= 4 is 15.0 Å². The fraction of sp³-hybridized carbons (Fsp3) is 0.870. The minimum absolute atomic E-state index is 0.0751. The molecule has 0 spiro atoms. The van der Waals surface area contributed by atoms with E-state index in [1.807, 2.05) is 0 Å². The number of aliphatic hydroxyl groups is 1. The molecule has 0 aromatic carbocycles. The minimum Gasteiger partial charge on any atom is -0.550 e. The van der Waals surface area contributed by atoms with E-state index in [4.69, 9.17) is 9.16 Å². The Morgan fingerprint density at radius 3 is 2.25 bits per heavy atom. The van der Waals surface area contributed by atoms with Crippen molar-refractivity contribution in [2.24, 2.45) is 22.7 Å². The molecule has 5 heteroatoms. The van der Waals surface area contributed by atoms with Gasteiger partial charge >= 0.3 is 5.97 Å². The Hall–Kier alpha value is -0.813. The van der Waals surface area contributed by atoms with Crippen molar-refractivity contribution in [3.8, 4) is 0 Å². The third-order valence-corrected chi connectivity index (χ3v) is 6.31. The number of esters is 1. The molecular formula is C23H44O4Si. The standard InChI is InChI=1S/C23H44O4Si/c1-10-26-20(24)16-23(25)13-11-12-17(15-23)18(27-28(8)9)14-19(21(2,3)4)22(5,6)7/h14,17,19,25,28H,10-13,15-16H2,1-9H3. The van der Waals surface area contributed by atoms with Gasteiger partial charge in [0.25, 0.3) is 0 Å². The lowest BCUT2D eigenvalue weighted by molar-refractivity contribution is -0.150. The predicted molar refractivity (Wildman–Crippen MR) is 119 cm³/mol. The highest BCUT2D eigenvalue weighted by Crippen LogP contribution is 2.45. The van der Waals surface area contributed by atoms with Gasteiger partial charge in [-0.3, -0.25) is 4.79 Å². The average Bonchev–Trinajstić information content (AvgIpc) is 2.48. The van der Waals surface area contributed by atoms with Crippen LogP contribution in [0.4, 0.5) is 0 Å². The maximum absolute atomic E-state index is 12.0. The van der Waals surface area contributed by atoms with E-state index in [0.717, 1.165) is 18.6 Å². The maximum atomic E-state index is 12.0. The Bertz CT molecular complexity index is 528. The van der Waals surface area contributed by atoms with Gasteiger partial charge in [0.1, 0.15) is 0 Å². The smallest absolute Gasteiger partial charge is 0.308 e. The number of carbonyl (C=O) groups is 1. The second-order valence-corrected chi connectivity index (χ2v) is 13.3. The highest BCUT2D eigenvalue weighted by Gasteiger charge is 2.40. The van der Waals surface area contributed by atoms with Gasteiger partial charge in [0.2, 0.25) is 9.04 Å². The molecule has 1 rings (SSSR count). The van der Waals surface area contributed by atoms with E-state index >= 15 is 0 Å². The monoisotopic (exact) mass is 412 g/mol. The summed E-state index contributed by atoms with van der Waals surface area (Å²) >= 11 is 0. The molecule has 0 saturated heterocycles. The van der Waals surface area contributed by atoms with Crippen LogP contribution in [0.2, 0.25) is 13.1 Å². The Balaban J connectivity index is 3.16. The molecule has 1 N–H and O–H groups in total. The van der Waals surface area contributed by atoms with Crippen molar-refractivity contribution in [3.63, 3.8) is 0 Å². The first-order valence-corrected chi connectivity index (χ1v) is 13.7. The molecule has 164 valence electrons. The van der Waals surface area contributed by atoms with Gasteiger partial charge in [-0.15, -0.1) is 0 Å². The summed E-state index contributed by atoms with van der Waals surface area (Å²) in [6, 6.07) is 0. The minimum atomic E-state index is -1.29. The number of allylic oxidation sites excluding steroid dienone is 2. The van der Waals surface area contributed by atoms with Gasteiger partial charge in [-0.05, 0) is 68.5 Å². The van der Waals surface area contributed by atoms with Crippen molar-refractivity contribution < 1.29 is 19.1 Å². The second-order valence-electron chi connectivity index (χ2n) is 10.9. The zero-order chi connectivity index (χ0) is 21.8. The highest BCUT2D eigenvalue weighted by molar-refractivity contribution is 6.48. The number of hydrogen-bond donors (Lipinski definition) is 1. The first-order chi connectivity index (χ1) is 12.7. The molecular weight excluding hydrogens is 368 g/mol. The molecule has 0 amide bonds. The van der Waals surface area contributed by atoms with Crippen molar-refractivity contribution in [2.75, 3.05) is 6.61 Å². The van der Waals surface area contributed by atoms with E-state index in [2.05, 4.69) is 60.7 Å². The number of ether oxygens (including phenoxy) is 1. The molecule has 0 aromatic heterocycles. The van der Waals surface area contributed by atoms with Gasteiger partial charge < -0.3 is 14.3 Å². The maximum Gasteiger partial charge on any atom is 0.308 e. The van der Waals surface area contributed by atoms with Gasteiger partial charge in [-0.1, -0.05) is 41.5 Å². The van der Waals surface area contributed by atoms with Crippen LogP contribution in [0.15, 0.2) is 11.8 Å². The average molecular weight is 413 g/mol.